The van der Waals surface area contributed by atoms with Crippen molar-refractivity contribution in [3.63, 3.8) is 0 Å². The Kier molecular flexibility index (Phi) is 2.96. The first-order chi connectivity index (χ1) is 5.61. The fourth-order valence-electron chi connectivity index (χ4n) is 1.54. The number of rotatable bonds is 3. The zero-order chi connectivity index (χ0) is 9.14. The van der Waals surface area contributed by atoms with Crippen LogP contribution >= 0.6 is 0 Å². The van der Waals surface area contributed by atoms with Crippen molar-refractivity contribution in [2.75, 3.05) is 0 Å². The second kappa shape index (κ2) is 3.79. The zero-order valence-corrected chi connectivity index (χ0v) is 8.52. The predicted molar refractivity (Wildman–Crippen MR) is 53.4 cm³/mol. The summed E-state index contributed by atoms with van der Waals surface area (Å²) < 4.78 is 0. The molecule has 1 N–H and O–H groups in total. The van der Waals surface area contributed by atoms with E-state index in [9.17, 15) is 0 Å². The van der Waals surface area contributed by atoms with Gasteiger partial charge in [-0.1, -0.05) is 27.7 Å². The highest BCUT2D eigenvalue weighted by Crippen LogP contribution is 2.20. The largest absolute Gasteiger partial charge is 0.365 e. The second-order valence-corrected chi connectivity index (χ2v) is 4.16. The van der Waals surface area contributed by atoms with E-state index in [1.54, 1.807) is 0 Å². The van der Waals surface area contributed by atoms with E-state index >= 15 is 0 Å². The Hall–Kier alpha value is -0.720. The molecule has 0 saturated heterocycles. The summed E-state index contributed by atoms with van der Waals surface area (Å²) in [5.41, 5.74) is 2.89. The number of H-pyrrole nitrogens is 1. The highest BCUT2D eigenvalue weighted by atomic mass is 14.7. The smallest absolute Gasteiger partial charge is 0.0184 e. The van der Waals surface area contributed by atoms with Crippen LogP contribution in [0.15, 0.2) is 12.3 Å². The van der Waals surface area contributed by atoms with E-state index in [4.69, 9.17) is 0 Å². The SMILES string of the molecule is CC(C)Cc1[nH]ccc1C(C)C. The van der Waals surface area contributed by atoms with Crippen LogP contribution in [0.1, 0.15) is 44.9 Å². The van der Waals surface area contributed by atoms with Gasteiger partial charge in [-0.05, 0) is 29.9 Å². The lowest BCUT2D eigenvalue weighted by molar-refractivity contribution is 0.629. The van der Waals surface area contributed by atoms with E-state index in [1.807, 2.05) is 6.20 Å². The molecule has 1 heterocycles. The highest BCUT2D eigenvalue weighted by Gasteiger charge is 2.08. The predicted octanol–water partition coefficient (Wildman–Crippen LogP) is 3.34. The van der Waals surface area contributed by atoms with E-state index in [-0.39, 0.29) is 0 Å². The number of nitrogens with one attached hydrogen (secondary N) is 1. The normalized spacial score (nSPS) is 11.5. The van der Waals surface area contributed by atoms with Crippen LogP contribution in [0.4, 0.5) is 0 Å². The van der Waals surface area contributed by atoms with Crippen molar-refractivity contribution < 1.29 is 0 Å². The third-order valence-corrected chi connectivity index (χ3v) is 2.10. The van der Waals surface area contributed by atoms with Gasteiger partial charge in [0.2, 0.25) is 0 Å². The van der Waals surface area contributed by atoms with Crippen molar-refractivity contribution >= 4 is 0 Å². The summed E-state index contributed by atoms with van der Waals surface area (Å²) in [4.78, 5) is 3.32. The van der Waals surface area contributed by atoms with Crippen molar-refractivity contribution in [1.29, 1.82) is 0 Å². The van der Waals surface area contributed by atoms with Gasteiger partial charge in [0.25, 0.3) is 0 Å². The summed E-state index contributed by atoms with van der Waals surface area (Å²) in [6.07, 6.45) is 3.22. The Bertz CT molecular complexity index is 233. The summed E-state index contributed by atoms with van der Waals surface area (Å²) in [7, 11) is 0. The average molecular weight is 165 g/mol. The van der Waals surface area contributed by atoms with Gasteiger partial charge in [-0.25, -0.2) is 0 Å². The van der Waals surface area contributed by atoms with Crippen molar-refractivity contribution in [3.8, 4) is 0 Å². The maximum absolute atomic E-state index is 3.32. The molecule has 0 spiro atoms. The molecule has 0 aliphatic rings. The van der Waals surface area contributed by atoms with Crippen LogP contribution in [0.3, 0.4) is 0 Å². The van der Waals surface area contributed by atoms with Gasteiger partial charge in [-0.15, -0.1) is 0 Å². The van der Waals surface area contributed by atoms with Gasteiger partial charge in [0.05, 0.1) is 0 Å². The van der Waals surface area contributed by atoms with Gasteiger partial charge in [-0.3, -0.25) is 0 Å². The molecule has 1 nitrogen and oxygen atoms in total. The number of aromatic amines is 1. The van der Waals surface area contributed by atoms with Gasteiger partial charge in [0, 0.05) is 11.9 Å². The number of hydrogen-bond acceptors (Lipinski definition) is 0. The van der Waals surface area contributed by atoms with E-state index in [2.05, 4.69) is 38.7 Å². The van der Waals surface area contributed by atoms with Crippen molar-refractivity contribution in [2.24, 2.45) is 5.92 Å². The Balaban J connectivity index is 2.77. The van der Waals surface area contributed by atoms with E-state index in [0.29, 0.717) is 5.92 Å². The lowest BCUT2D eigenvalue weighted by Crippen LogP contribution is -1.99. The van der Waals surface area contributed by atoms with Crippen molar-refractivity contribution in [2.45, 2.75) is 40.0 Å². The molecule has 1 heteroatoms. The minimum absolute atomic E-state index is 0.644. The summed E-state index contributed by atoms with van der Waals surface area (Å²) in [5, 5.41) is 0. The Labute approximate surface area is 75.2 Å². The van der Waals surface area contributed by atoms with E-state index in [1.165, 1.54) is 17.7 Å². The fraction of sp³-hybridized carbons (Fsp3) is 0.636. The van der Waals surface area contributed by atoms with E-state index in [0.717, 1.165) is 5.92 Å². The topological polar surface area (TPSA) is 15.8 Å². The molecule has 0 fully saturated rings. The molecular weight excluding hydrogens is 146 g/mol. The van der Waals surface area contributed by atoms with Crippen molar-refractivity contribution in [3.05, 3.63) is 23.5 Å². The number of hydrogen-bond donors (Lipinski definition) is 1. The molecule has 12 heavy (non-hydrogen) atoms. The van der Waals surface area contributed by atoms with Crippen LogP contribution in [0.2, 0.25) is 0 Å². The minimum atomic E-state index is 0.644. The van der Waals surface area contributed by atoms with Crippen LogP contribution in [0.5, 0.6) is 0 Å². The van der Waals surface area contributed by atoms with Crippen LogP contribution in [-0.4, -0.2) is 4.98 Å². The van der Waals surface area contributed by atoms with Crippen LogP contribution in [-0.2, 0) is 6.42 Å². The molecule has 68 valence electrons. The minimum Gasteiger partial charge on any atom is -0.365 e. The Morgan fingerprint density at radius 2 is 1.92 bits per heavy atom. The molecule has 0 aromatic carbocycles. The molecule has 0 bridgehead atoms. The Morgan fingerprint density at radius 1 is 1.25 bits per heavy atom. The zero-order valence-electron chi connectivity index (χ0n) is 8.52. The van der Waals surface area contributed by atoms with Gasteiger partial charge in [-0.2, -0.15) is 0 Å². The monoisotopic (exact) mass is 165 g/mol. The Morgan fingerprint density at radius 3 is 2.42 bits per heavy atom. The van der Waals surface area contributed by atoms with Crippen LogP contribution < -0.4 is 0 Å². The van der Waals surface area contributed by atoms with Crippen LogP contribution in [0, 0.1) is 5.92 Å². The first kappa shape index (κ1) is 9.37. The maximum Gasteiger partial charge on any atom is 0.0184 e. The molecule has 0 radical (unpaired) electrons. The van der Waals surface area contributed by atoms with Gasteiger partial charge in [0.1, 0.15) is 0 Å². The first-order valence-corrected chi connectivity index (χ1v) is 4.77. The standard InChI is InChI=1S/C11H19N/c1-8(2)7-11-10(9(3)4)5-6-12-11/h5-6,8-9,12H,7H2,1-4H3. The molecule has 0 atom stereocenters. The fourth-order valence-corrected chi connectivity index (χ4v) is 1.54. The molecular formula is C11H19N. The molecule has 0 saturated carbocycles. The molecule has 0 unspecified atom stereocenters. The molecule has 1 aromatic heterocycles. The van der Waals surface area contributed by atoms with Gasteiger partial charge < -0.3 is 4.98 Å². The van der Waals surface area contributed by atoms with Gasteiger partial charge >= 0.3 is 0 Å². The van der Waals surface area contributed by atoms with Crippen molar-refractivity contribution in [1.82, 2.24) is 4.98 Å². The third kappa shape index (κ3) is 2.13. The average Bonchev–Trinajstić information content (AvgIpc) is 2.33. The molecule has 0 aliphatic carbocycles. The maximum atomic E-state index is 3.32. The van der Waals surface area contributed by atoms with Gasteiger partial charge in [0.15, 0.2) is 0 Å². The summed E-state index contributed by atoms with van der Waals surface area (Å²) in [6.45, 7) is 9.00. The molecule has 0 aliphatic heterocycles. The first-order valence-electron chi connectivity index (χ1n) is 4.77. The lowest BCUT2D eigenvalue weighted by atomic mass is 9.98. The van der Waals surface area contributed by atoms with E-state index < -0.39 is 0 Å². The lowest BCUT2D eigenvalue weighted by Gasteiger charge is -2.08. The second-order valence-electron chi connectivity index (χ2n) is 4.16. The third-order valence-electron chi connectivity index (χ3n) is 2.10. The molecule has 0 amide bonds. The molecule has 1 aromatic rings. The quantitative estimate of drug-likeness (QED) is 0.707. The summed E-state index contributed by atoms with van der Waals surface area (Å²) >= 11 is 0. The highest BCUT2D eigenvalue weighted by molar-refractivity contribution is 5.24. The molecule has 1 rings (SSSR count). The van der Waals surface area contributed by atoms with Crippen LogP contribution in [0.25, 0.3) is 0 Å². The summed E-state index contributed by atoms with van der Waals surface area (Å²) in [6, 6.07) is 2.20. The number of aromatic nitrogens is 1. The summed E-state index contributed by atoms with van der Waals surface area (Å²) in [5.74, 6) is 1.38.